The summed E-state index contributed by atoms with van der Waals surface area (Å²) in [4.78, 5) is 0. The topological polar surface area (TPSA) is 52.5 Å². The van der Waals surface area contributed by atoms with E-state index in [1.807, 2.05) is 20.8 Å². The van der Waals surface area contributed by atoms with Crippen molar-refractivity contribution in [2.24, 2.45) is 5.92 Å². The Bertz CT molecular complexity index is 189. The quantitative estimate of drug-likeness (QED) is 0.662. The summed E-state index contributed by atoms with van der Waals surface area (Å²) in [6.07, 6.45) is 4.26. The predicted octanol–water partition coefficient (Wildman–Crippen LogP) is 1.29. The molecule has 0 aromatic rings. The molecule has 0 aromatic carbocycles. The Kier molecular flexibility index (Phi) is 4.56. The summed E-state index contributed by atoms with van der Waals surface area (Å²) < 4.78 is 0. The first-order valence-corrected chi connectivity index (χ1v) is 6.05. The Morgan fingerprint density at radius 3 is 2.47 bits per heavy atom. The first-order chi connectivity index (χ1) is 6.91. The second kappa shape index (κ2) is 5.28. The van der Waals surface area contributed by atoms with E-state index >= 15 is 0 Å². The van der Waals surface area contributed by atoms with E-state index in [0.29, 0.717) is 5.92 Å². The maximum absolute atomic E-state index is 9.78. The molecule has 0 radical (unpaired) electrons. The third kappa shape index (κ3) is 4.09. The Balaban J connectivity index is 2.29. The molecular weight excluding hydrogens is 190 g/mol. The number of aliphatic hydroxyl groups excluding tert-OH is 1. The minimum absolute atomic E-state index is 0.0617. The van der Waals surface area contributed by atoms with Crippen molar-refractivity contribution in [3.63, 3.8) is 0 Å². The largest absolute Gasteiger partial charge is 0.393 e. The van der Waals surface area contributed by atoms with Gasteiger partial charge in [-0.15, -0.1) is 0 Å². The average Bonchev–Trinajstić information content (AvgIpc) is 2.14. The van der Waals surface area contributed by atoms with Gasteiger partial charge in [0.1, 0.15) is 0 Å². The highest BCUT2D eigenvalue weighted by atomic mass is 16.3. The van der Waals surface area contributed by atoms with Crippen molar-refractivity contribution < 1.29 is 10.2 Å². The number of aliphatic hydroxyl groups is 2. The molecule has 3 nitrogen and oxygen atoms in total. The molecule has 0 aromatic heterocycles. The normalized spacial score (nSPS) is 30.2. The van der Waals surface area contributed by atoms with Gasteiger partial charge in [0.05, 0.1) is 11.7 Å². The van der Waals surface area contributed by atoms with Crippen molar-refractivity contribution in [3.05, 3.63) is 0 Å². The van der Waals surface area contributed by atoms with Gasteiger partial charge in [-0.1, -0.05) is 12.8 Å². The maximum Gasteiger partial charge on any atom is 0.0741 e. The van der Waals surface area contributed by atoms with Crippen molar-refractivity contribution in [3.8, 4) is 0 Å². The van der Waals surface area contributed by atoms with Gasteiger partial charge in [-0.3, -0.25) is 0 Å². The van der Waals surface area contributed by atoms with Crippen molar-refractivity contribution in [1.82, 2.24) is 5.32 Å². The molecule has 3 N–H and O–H groups in total. The summed E-state index contributed by atoms with van der Waals surface area (Å²) in [5.41, 5.74) is -0.695. The van der Waals surface area contributed by atoms with Crippen LogP contribution in [0.4, 0.5) is 0 Å². The van der Waals surface area contributed by atoms with Gasteiger partial charge >= 0.3 is 0 Å². The summed E-state index contributed by atoms with van der Waals surface area (Å²) >= 11 is 0. The number of nitrogens with one attached hydrogen (secondary N) is 1. The zero-order chi connectivity index (χ0) is 11.5. The molecule has 1 saturated carbocycles. The molecule has 0 saturated heterocycles. The molecule has 1 aliphatic rings. The molecule has 0 aliphatic heterocycles. The number of rotatable bonds is 4. The van der Waals surface area contributed by atoms with Crippen LogP contribution in [0.5, 0.6) is 0 Å². The van der Waals surface area contributed by atoms with E-state index in [4.69, 9.17) is 0 Å². The van der Waals surface area contributed by atoms with E-state index < -0.39 is 5.60 Å². The van der Waals surface area contributed by atoms with Gasteiger partial charge < -0.3 is 15.5 Å². The molecule has 90 valence electrons. The van der Waals surface area contributed by atoms with Crippen LogP contribution >= 0.6 is 0 Å². The van der Waals surface area contributed by atoms with Crippen molar-refractivity contribution >= 4 is 0 Å². The third-order valence-corrected chi connectivity index (χ3v) is 3.61. The van der Waals surface area contributed by atoms with Gasteiger partial charge in [0.15, 0.2) is 0 Å². The summed E-state index contributed by atoms with van der Waals surface area (Å²) in [6, 6.07) is 0.0617. The van der Waals surface area contributed by atoms with E-state index in [1.54, 1.807) is 0 Å². The Morgan fingerprint density at radius 1 is 1.33 bits per heavy atom. The second-order valence-electron chi connectivity index (χ2n) is 5.40. The Labute approximate surface area is 92.9 Å². The number of hydrogen-bond acceptors (Lipinski definition) is 3. The van der Waals surface area contributed by atoms with Gasteiger partial charge in [0.25, 0.3) is 0 Å². The van der Waals surface area contributed by atoms with Gasteiger partial charge in [-0.25, -0.2) is 0 Å². The standard InChI is InChI=1S/C12H25NO2/c1-9(12(2,3)15)13-8-10-6-4-5-7-11(10)14/h9-11,13-15H,4-8H2,1-3H3. The van der Waals surface area contributed by atoms with Crippen LogP contribution in [0.15, 0.2) is 0 Å². The fourth-order valence-electron chi connectivity index (χ4n) is 2.00. The lowest BCUT2D eigenvalue weighted by Gasteiger charge is -2.32. The molecule has 1 rings (SSSR count). The van der Waals surface area contributed by atoms with E-state index in [2.05, 4.69) is 5.32 Å². The zero-order valence-corrected chi connectivity index (χ0v) is 10.2. The van der Waals surface area contributed by atoms with E-state index in [1.165, 1.54) is 6.42 Å². The van der Waals surface area contributed by atoms with Crippen molar-refractivity contribution in [2.45, 2.75) is 64.2 Å². The van der Waals surface area contributed by atoms with Crippen LogP contribution in [-0.4, -0.2) is 34.5 Å². The fraction of sp³-hybridized carbons (Fsp3) is 1.00. The first-order valence-electron chi connectivity index (χ1n) is 6.05. The molecule has 3 unspecified atom stereocenters. The minimum atomic E-state index is -0.695. The minimum Gasteiger partial charge on any atom is -0.393 e. The highest BCUT2D eigenvalue weighted by Gasteiger charge is 2.26. The van der Waals surface area contributed by atoms with Crippen LogP contribution in [0.2, 0.25) is 0 Å². The third-order valence-electron chi connectivity index (χ3n) is 3.61. The van der Waals surface area contributed by atoms with Crippen LogP contribution in [0.3, 0.4) is 0 Å². The van der Waals surface area contributed by atoms with E-state index in [-0.39, 0.29) is 12.1 Å². The molecule has 3 atom stereocenters. The summed E-state index contributed by atoms with van der Waals surface area (Å²) in [6.45, 7) is 6.41. The van der Waals surface area contributed by atoms with Crippen LogP contribution in [0.25, 0.3) is 0 Å². The van der Waals surface area contributed by atoms with Crippen molar-refractivity contribution in [1.29, 1.82) is 0 Å². The molecule has 15 heavy (non-hydrogen) atoms. The van der Waals surface area contributed by atoms with Gasteiger partial charge in [-0.05, 0) is 39.5 Å². The molecule has 3 heteroatoms. The van der Waals surface area contributed by atoms with Crippen LogP contribution < -0.4 is 5.32 Å². The molecule has 1 aliphatic carbocycles. The monoisotopic (exact) mass is 215 g/mol. The lowest BCUT2D eigenvalue weighted by Crippen LogP contribution is -2.47. The van der Waals surface area contributed by atoms with E-state index in [0.717, 1.165) is 25.8 Å². The number of hydrogen-bond donors (Lipinski definition) is 3. The predicted molar refractivity (Wildman–Crippen MR) is 61.7 cm³/mol. The van der Waals surface area contributed by atoms with Gasteiger partial charge in [-0.2, -0.15) is 0 Å². The van der Waals surface area contributed by atoms with Gasteiger partial charge in [0.2, 0.25) is 0 Å². The second-order valence-corrected chi connectivity index (χ2v) is 5.40. The molecular formula is C12H25NO2. The SMILES string of the molecule is CC(NCC1CCCCC1O)C(C)(C)O. The van der Waals surface area contributed by atoms with Crippen LogP contribution in [-0.2, 0) is 0 Å². The summed E-state index contributed by atoms with van der Waals surface area (Å²) in [7, 11) is 0. The highest BCUT2D eigenvalue weighted by Crippen LogP contribution is 2.24. The smallest absolute Gasteiger partial charge is 0.0741 e. The molecule has 1 fully saturated rings. The average molecular weight is 215 g/mol. The fourth-order valence-corrected chi connectivity index (χ4v) is 2.00. The summed E-state index contributed by atoms with van der Waals surface area (Å²) in [5, 5.41) is 22.9. The molecule has 0 spiro atoms. The first kappa shape index (κ1) is 12.9. The Morgan fingerprint density at radius 2 is 1.93 bits per heavy atom. The lowest BCUT2D eigenvalue weighted by molar-refractivity contribution is 0.0305. The molecule has 0 heterocycles. The van der Waals surface area contributed by atoms with Crippen LogP contribution in [0.1, 0.15) is 46.5 Å². The maximum atomic E-state index is 9.78. The molecule has 0 bridgehead atoms. The Hall–Kier alpha value is -0.120. The summed E-state index contributed by atoms with van der Waals surface area (Å²) in [5.74, 6) is 0.364. The van der Waals surface area contributed by atoms with Gasteiger partial charge in [0, 0.05) is 12.6 Å². The van der Waals surface area contributed by atoms with Crippen molar-refractivity contribution in [2.75, 3.05) is 6.54 Å². The zero-order valence-electron chi connectivity index (χ0n) is 10.2. The molecule has 0 amide bonds. The highest BCUT2D eigenvalue weighted by molar-refractivity contribution is 4.83. The van der Waals surface area contributed by atoms with E-state index in [9.17, 15) is 10.2 Å². The lowest BCUT2D eigenvalue weighted by atomic mass is 9.86. The van der Waals surface area contributed by atoms with Crippen LogP contribution in [0, 0.1) is 5.92 Å².